The van der Waals surface area contributed by atoms with Gasteiger partial charge in [0.05, 0.1) is 5.52 Å². The van der Waals surface area contributed by atoms with Gasteiger partial charge in [-0.05, 0) is 40.5 Å². The predicted octanol–water partition coefficient (Wildman–Crippen LogP) is 3.35. The van der Waals surface area contributed by atoms with E-state index in [9.17, 15) is 0 Å². The molecule has 0 aliphatic carbocycles. The molecule has 0 fully saturated rings. The number of aryl methyl sites for hydroxylation is 1. The monoisotopic (exact) mass is 250 g/mol. The standard InChI is InChI=1S/C11H11BrN2/c1-7-3-4-8(12)11-10(7)9(13-2)5-6-14-11/h3-6H,1-2H3,(H,13,14). The van der Waals surface area contributed by atoms with Gasteiger partial charge in [-0.2, -0.15) is 0 Å². The number of pyridine rings is 1. The molecule has 72 valence electrons. The molecule has 1 aromatic heterocycles. The number of fused-ring (bicyclic) bond motifs is 1. The van der Waals surface area contributed by atoms with Gasteiger partial charge in [-0.25, -0.2) is 0 Å². The minimum Gasteiger partial charge on any atom is -0.388 e. The molecule has 14 heavy (non-hydrogen) atoms. The Morgan fingerprint density at radius 2 is 2.07 bits per heavy atom. The molecule has 0 saturated carbocycles. The second-order valence-electron chi connectivity index (χ2n) is 3.20. The average Bonchev–Trinajstić information content (AvgIpc) is 2.23. The van der Waals surface area contributed by atoms with Crippen molar-refractivity contribution in [2.24, 2.45) is 0 Å². The molecule has 2 nitrogen and oxygen atoms in total. The number of benzene rings is 1. The molecule has 0 aliphatic heterocycles. The van der Waals surface area contributed by atoms with Gasteiger partial charge in [0.25, 0.3) is 0 Å². The third-order valence-corrected chi connectivity index (χ3v) is 2.96. The summed E-state index contributed by atoms with van der Waals surface area (Å²) in [5, 5.41) is 4.36. The van der Waals surface area contributed by atoms with E-state index in [1.165, 1.54) is 10.9 Å². The van der Waals surface area contributed by atoms with E-state index in [4.69, 9.17) is 0 Å². The highest BCUT2D eigenvalue weighted by atomic mass is 79.9. The maximum absolute atomic E-state index is 4.36. The van der Waals surface area contributed by atoms with Crippen molar-refractivity contribution < 1.29 is 0 Å². The molecule has 0 unspecified atom stereocenters. The molecule has 0 radical (unpaired) electrons. The van der Waals surface area contributed by atoms with E-state index < -0.39 is 0 Å². The van der Waals surface area contributed by atoms with Gasteiger partial charge in [0, 0.05) is 28.8 Å². The molecule has 1 heterocycles. The van der Waals surface area contributed by atoms with E-state index in [2.05, 4.69) is 39.2 Å². The molecule has 1 aromatic carbocycles. The van der Waals surface area contributed by atoms with Crippen LogP contribution in [-0.2, 0) is 0 Å². The van der Waals surface area contributed by atoms with Gasteiger partial charge in [-0.15, -0.1) is 0 Å². The Bertz CT molecular complexity index is 480. The lowest BCUT2D eigenvalue weighted by molar-refractivity contribution is 1.36. The van der Waals surface area contributed by atoms with E-state index in [0.717, 1.165) is 15.7 Å². The Kier molecular flexibility index (Phi) is 2.42. The summed E-state index contributed by atoms with van der Waals surface area (Å²) in [5.41, 5.74) is 3.37. The normalized spacial score (nSPS) is 10.5. The van der Waals surface area contributed by atoms with Gasteiger partial charge >= 0.3 is 0 Å². The average molecular weight is 251 g/mol. The molecule has 0 spiro atoms. The van der Waals surface area contributed by atoms with E-state index in [-0.39, 0.29) is 0 Å². The maximum atomic E-state index is 4.36. The summed E-state index contributed by atoms with van der Waals surface area (Å²) in [6, 6.07) is 6.11. The molecule has 0 amide bonds. The topological polar surface area (TPSA) is 24.9 Å². The van der Waals surface area contributed by atoms with Crippen LogP contribution in [-0.4, -0.2) is 12.0 Å². The molecule has 0 aliphatic rings. The van der Waals surface area contributed by atoms with Crippen molar-refractivity contribution in [2.75, 3.05) is 12.4 Å². The van der Waals surface area contributed by atoms with Crippen molar-refractivity contribution >= 4 is 32.5 Å². The lowest BCUT2D eigenvalue weighted by Gasteiger charge is -2.08. The minimum absolute atomic E-state index is 1.01. The molecular weight excluding hydrogens is 240 g/mol. The number of halogens is 1. The Morgan fingerprint density at radius 3 is 2.79 bits per heavy atom. The second kappa shape index (κ2) is 3.58. The number of hydrogen-bond acceptors (Lipinski definition) is 2. The summed E-state index contributed by atoms with van der Waals surface area (Å²) >= 11 is 3.50. The Balaban J connectivity index is 2.92. The summed E-state index contributed by atoms with van der Waals surface area (Å²) in [4.78, 5) is 4.36. The van der Waals surface area contributed by atoms with Gasteiger partial charge in [0.15, 0.2) is 0 Å². The van der Waals surface area contributed by atoms with Gasteiger partial charge in [-0.1, -0.05) is 6.07 Å². The van der Waals surface area contributed by atoms with Gasteiger partial charge in [0.1, 0.15) is 0 Å². The zero-order valence-electron chi connectivity index (χ0n) is 8.13. The third kappa shape index (κ3) is 1.38. The highest BCUT2D eigenvalue weighted by Gasteiger charge is 2.06. The van der Waals surface area contributed by atoms with Crippen LogP contribution in [0.3, 0.4) is 0 Å². The number of rotatable bonds is 1. The minimum atomic E-state index is 1.01. The second-order valence-corrected chi connectivity index (χ2v) is 4.05. The van der Waals surface area contributed by atoms with Crippen LogP contribution in [0.15, 0.2) is 28.9 Å². The largest absolute Gasteiger partial charge is 0.388 e. The first-order valence-corrected chi connectivity index (χ1v) is 5.25. The molecule has 2 rings (SSSR count). The van der Waals surface area contributed by atoms with E-state index >= 15 is 0 Å². The fourth-order valence-electron chi connectivity index (χ4n) is 1.61. The van der Waals surface area contributed by atoms with Gasteiger partial charge < -0.3 is 5.32 Å². The quantitative estimate of drug-likeness (QED) is 0.840. The smallest absolute Gasteiger partial charge is 0.0867 e. The number of aromatic nitrogens is 1. The fourth-order valence-corrected chi connectivity index (χ4v) is 2.04. The van der Waals surface area contributed by atoms with Crippen molar-refractivity contribution in [3.05, 3.63) is 34.4 Å². The fraction of sp³-hybridized carbons (Fsp3) is 0.182. The molecule has 1 N–H and O–H groups in total. The predicted molar refractivity (Wildman–Crippen MR) is 63.7 cm³/mol. The van der Waals surface area contributed by atoms with Crippen molar-refractivity contribution in [1.82, 2.24) is 4.98 Å². The first-order valence-electron chi connectivity index (χ1n) is 4.45. The molecular formula is C11H11BrN2. The van der Waals surface area contributed by atoms with Crippen molar-refractivity contribution in [3.8, 4) is 0 Å². The number of hydrogen-bond donors (Lipinski definition) is 1. The highest BCUT2D eigenvalue weighted by molar-refractivity contribution is 9.10. The van der Waals surface area contributed by atoms with Crippen LogP contribution in [0.5, 0.6) is 0 Å². The summed E-state index contributed by atoms with van der Waals surface area (Å²) in [7, 11) is 1.93. The Labute approximate surface area is 91.5 Å². The van der Waals surface area contributed by atoms with E-state index in [1.807, 2.05) is 25.4 Å². The van der Waals surface area contributed by atoms with Crippen LogP contribution in [0.4, 0.5) is 5.69 Å². The van der Waals surface area contributed by atoms with Crippen molar-refractivity contribution in [3.63, 3.8) is 0 Å². The summed E-state index contributed by atoms with van der Waals surface area (Å²) in [5.74, 6) is 0. The molecule has 2 aromatic rings. The molecule has 0 saturated heterocycles. The van der Waals surface area contributed by atoms with Gasteiger partial charge in [0.2, 0.25) is 0 Å². The van der Waals surface area contributed by atoms with E-state index in [1.54, 1.807) is 0 Å². The Hall–Kier alpha value is -1.09. The molecule has 0 atom stereocenters. The lowest BCUT2D eigenvalue weighted by Crippen LogP contribution is -1.93. The first-order chi connectivity index (χ1) is 6.74. The van der Waals surface area contributed by atoms with Crippen LogP contribution in [0, 0.1) is 6.92 Å². The van der Waals surface area contributed by atoms with Crippen LogP contribution in [0.25, 0.3) is 10.9 Å². The summed E-state index contributed by atoms with van der Waals surface area (Å²) < 4.78 is 1.04. The molecule has 0 bridgehead atoms. The van der Waals surface area contributed by atoms with Gasteiger partial charge in [-0.3, -0.25) is 4.98 Å². The first kappa shape index (κ1) is 9.46. The summed E-state index contributed by atoms with van der Waals surface area (Å²) in [6.07, 6.45) is 1.82. The number of nitrogens with zero attached hydrogens (tertiary/aromatic N) is 1. The zero-order chi connectivity index (χ0) is 10.1. The lowest BCUT2D eigenvalue weighted by atomic mass is 10.1. The van der Waals surface area contributed by atoms with Crippen molar-refractivity contribution in [2.45, 2.75) is 6.92 Å². The van der Waals surface area contributed by atoms with E-state index in [0.29, 0.717) is 0 Å². The number of nitrogens with one attached hydrogen (secondary N) is 1. The van der Waals surface area contributed by atoms with Crippen LogP contribution < -0.4 is 5.32 Å². The zero-order valence-corrected chi connectivity index (χ0v) is 9.72. The molecule has 3 heteroatoms. The summed E-state index contributed by atoms with van der Waals surface area (Å²) in [6.45, 7) is 2.09. The highest BCUT2D eigenvalue weighted by Crippen LogP contribution is 2.29. The van der Waals surface area contributed by atoms with Crippen molar-refractivity contribution in [1.29, 1.82) is 0 Å². The SMILES string of the molecule is CNc1ccnc2c(Br)ccc(C)c12. The maximum Gasteiger partial charge on any atom is 0.0867 e. The van der Waals surface area contributed by atoms with Crippen LogP contribution >= 0.6 is 15.9 Å². The third-order valence-electron chi connectivity index (χ3n) is 2.32. The van der Waals surface area contributed by atoms with Crippen LogP contribution in [0.2, 0.25) is 0 Å². The number of anilines is 1. The Morgan fingerprint density at radius 1 is 1.29 bits per heavy atom. The van der Waals surface area contributed by atoms with Crippen LogP contribution in [0.1, 0.15) is 5.56 Å².